The van der Waals surface area contributed by atoms with Crippen LogP contribution in [0.2, 0.25) is 0 Å². The zero-order valence-electron chi connectivity index (χ0n) is 13.6. The van der Waals surface area contributed by atoms with E-state index in [0.717, 1.165) is 11.3 Å². The van der Waals surface area contributed by atoms with Gasteiger partial charge in [0.2, 0.25) is 0 Å². The van der Waals surface area contributed by atoms with Crippen LogP contribution in [0.3, 0.4) is 0 Å². The van der Waals surface area contributed by atoms with Crippen molar-refractivity contribution in [3.05, 3.63) is 41.1 Å². The highest BCUT2D eigenvalue weighted by molar-refractivity contribution is 7.98. The van der Waals surface area contributed by atoms with Crippen LogP contribution in [-0.4, -0.2) is 35.4 Å². The van der Waals surface area contributed by atoms with Gasteiger partial charge < -0.3 is 15.7 Å². The molecule has 22 heavy (non-hydrogen) atoms. The van der Waals surface area contributed by atoms with Crippen LogP contribution in [0.4, 0.5) is 11.5 Å². The van der Waals surface area contributed by atoms with Gasteiger partial charge in [-0.15, -0.1) is 0 Å². The van der Waals surface area contributed by atoms with E-state index in [4.69, 9.17) is 5.73 Å². The Kier molecular flexibility index (Phi) is 4.63. The first-order valence-corrected chi connectivity index (χ1v) is 8.18. The number of aliphatic hydroxyl groups is 1. The van der Waals surface area contributed by atoms with Crippen LogP contribution in [0.15, 0.2) is 29.4 Å². The van der Waals surface area contributed by atoms with Gasteiger partial charge in [-0.25, -0.2) is 9.97 Å². The van der Waals surface area contributed by atoms with Crippen molar-refractivity contribution in [1.82, 2.24) is 9.97 Å². The number of rotatable bonds is 4. The molecule has 0 aliphatic heterocycles. The summed E-state index contributed by atoms with van der Waals surface area (Å²) < 4.78 is 0. The van der Waals surface area contributed by atoms with Crippen LogP contribution in [0.1, 0.15) is 23.7 Å². The molecule has 2 aromatic rings. The molecule has 0 saturated heterocycles. The topological polar surface area (TPSA) is 75.3 Å². The highest BCUT2D eigenvalue weighted by Crippen LogP contribution is 2.33. The van der Waals surface area contributed by atoms with Gasteiger partial charge in [0.1, 0.15) is 11.4 Å². The first-order chi connectivity index (χ1) is 10.3. The molecule has 0 bridgehead atoms. The molecule has 2 rings (SSSR count). The van der Waals surface area contributed by atoms with Crippen LogP contribution in [-0.2, 0) is 5.60 Å². The highest BCUT2D eigenvalue weighted by Gasteiger charge is 2.30. The van der Waals surface area contributed by atoms with Gasteiger partial charge >= 0.3 is 0 Å². The Morgan fingerprint density at radius 2 is 1.77 bits per heavy atom. The number of hydrogen-bond donors (Lipinski definition) is 2. The normalized spacial score (nSPS) is 13.7. The highest BCUT2D eigenvalue weighted by atomic mass is 32.2. The lowest BCUT2D eigenvalue weighted by Gasteiger charge is -2.26. The summed E-state index contributed by atoms with van der Waals surface area (Å²) in [5.74, 6) is 0.402. The Hall–Kier alpha value is -1.79. The van der Waals surface area contributed by atoms with Crippen LogP contribution < -0.4 is 10.6 Å². The van der Waals surface area contributed by atoms with Crippen molar-refractivity contribution >= 4 is 23.3 Å². The Balaban J connectivity index is 2.52. The average Bonchev–Trinajstić information content (AvgIpc) is 2.49. The summed E-state index contributed by atoms with van der Waals surface area (Å²) in [4.78, 5) is 10.7. The SMILES string of the molecule is CSc1nc(N)c(C)c(C(C)(O)c2ccc(N(C)C)cc2)n1. The minimum absolute atomic E-state index is 0.402. The second-order valence-electron chi connectivity index (χ2n) is 5.58. The summed E-state index contributed by atoms with van der Waals surface area (Å²) >= 11 is 1.40. The van der Waals surface area contributed by atoms with E-state index in [1.165, 1.54) is 11.8 Å². The van der Waals surface area contributed by atoms with Gasteiger partial charge in [-0.3, -0.25) is 0 Å². The third-order valence-electron chi connectivity index (χ3n) is 3.75. The average molecular weight is 318 g/mol. The minimum Gasteiger partial charge on any atom is -0.383 e. The van der Waals surface area contributed by atoms with Crippen molar-refractivity contribution < 1.29 is 5.11 Å². The van der Waals surface area contributed by atoms with Crippen molar-refractivity contribution in [3.63, 3.8) is 0 Å². The molecule has 1 aromatic carbocycles. The van der Waals surface area contributed by atoms with E-state index >= 15 is 0 Å². The molecule has 3 N–H and O–H groups in total. The van der Waals surface area contributed by atoms with E-state index in [9.17, 15) is 5.11 Å². The number of aromatic nitrogens is 2. The molecule has 0 saturated carbocycles. The summed E-state index contributed by atoms with van der Waals surface area (Å²) in [6, 6.07) is 7.76. The third-order valence-corrected chi connectivity index (χ3v) is 4.30. The summed E-state index contributed by atoms with van der Waals surface area (Å²) in [5, 5.41) is 11.6. The molecule has 0 spiro atoms. The number of nitrogen functional groups attached to an aromatic ring is 1. The maximum atomic E-state index is 11.0. The molecular weight excluding hydrogens is 296 g/mol. The maximum absolute atomic E-state index is 11.0. The summed E-state index contributed by atoms with van der Waals surface area (Å²) in [6.45, 7) is 3.56. The van der Waals surface area contributed by atoms with E-state index < -0.39 is 5.60 Å². The van der Waals surface area contributed by atoms with Crippen LogP contribution in [0, 0.1) is 6.92 Å². The van der Waals surface area contributed by atoms with Crippen molar-refractivity contribution in [3.8, 4) is 0 Å². The second-order valence-corrected chi connectivity index (χ2v) is 6.36. The third kappa shape index (κ3) is 3.03. The molecule has 1 heterocycles. The van der Waals surface area contributed by atoms with E-state index in [1.807, 2.05) is 56.4 Å². The fraction of sp³-hybridized carbons (Fsp3) is 0.375. The molecule has 1 atom stereocenters. The van der Waals surface area contributed by atoms with E-state index in [2.05, 4.69) is 9.97 Å². The van der Waals surface area contributed by atoms with Gasteiger partial charge in [0, 0.05) is 25.3 Å². The molecule has 0 radical (unpaired) electrons. The van der Waals surface area contributed by atoms with Crippen molar-refractivity contribution in [2.45, 2.75) is 24.6 Å². The number of thioether (sulfide) groups is 1. The zero-order chi connectivity index (χ0) is 16.5. The van der Waals surface area contributed by atoms with E-state index in [0.29, 0.717) is 22.2 Å². The lowest BCUT2D eigenvalue weighted by Crippen LogP contribution is -2.27. The molecule has 6 heteroatoms. The second kappa shape index (κ2) is 6.14. The Labute approximate surface area is 135 Å². The maximum Gasteiger partial charge on any atom is 0.189 e. The summed E-state index contributed by atoms with van der Waals surface area (Å²) in [5.41, 5.74) is 7.82. The van der Waals surface area contributed by atoms with Crippen LogP contribution >= 0.6 is 11.8 Å². The van der Waals surface area contributed by atoms with Gasteiger partial charge in [0.05, 0.1) is 5.69 Å². The quantitative estimate of drug-likeness (QED) is 0.666. The zero-order valence-corrected chi connectivity index (χ0v) is 14.4. The standard InChI is InChI=1S/C16H22N4OS/c1-10-13(18-15(22-5)19-14(10)17)16(2,21)11-6-8-12(9-7-11)20(3)4/h6-9,21H,1-5H3,(H2,17,18,19). The summed E-state index contributed by atoms with van der Waals surface area (Å²) in [6.07, 6.45) is 1.88. The van der Waals surface area contributed by atoms with Gasteiger partial charge in [0.15, 0.2) is 5.16 Å². The van der Waals surface area contributed by atoms with Crippen LogP contribution in [0.5, 0.6) is 0 Å². The van der Waals surface area contributed by atoms with Gasteiger partial charge in [-0.1, -0.05) is 23.9 Å². The molecule has 1 aromatic heterocycles. The number of anilines is 2. The molecule has 0 aliphatic carbocycles. The van der Waals surface area contributed by atoms with Crippen molar-refractivity contribution in [2.75, 3.05) is 31.0 Å². The van der Waals surface area contributed by atoms with Gasteiger partial charge in [-0.05, 0) is 37.8 Å². The predicted molar refractivity (Wildman–Crippen MR) is 92.4 cm³/mol. The van der Waals surface area contributed by atoms with Crippen molar-refractivity contribution in [2.24, 2.45) is 0 Å². The monoisotopic (exact) mass is 318 g/mol. The molecular formula is C16H22N4OS. The van der Waals surface area contributed by atoms with E-state index in [1.54, 1.807) is 6.92 Å². The Bertz CT molecular complexity index is 669. The smallest absolute Gasteiger partial charge is 0.189 e. The van der Waals surface area contributed by atoms with Gasteiger partial charge in [-0.2, -0.15) is 0 Å². The molecule has 0 amide bonds. The lowest BCUT2D eigenvalue weighted by atomic mass is 9.89. The molecule has 1 unspecified atom stereocenters. The number of hydrogen-bond acceptors (Lipinski definition) is 6. The Morgan fingerprint density at radius 1 is 1.18 bits per heavy atom. The predicted octanol–water partition coefficient (Wildman–Crippen LogP) is 2.41. The molecule has 5 nitrogen and oxygen atoms in total. The number of benzene rings is 1. The molecule has 0 aliphatic rings. The van der Waals surface area contributed by atoms with E-state index in [-0.39, 0.29) is 0 Å². The molecule has 0 fully saturated rings. The number of nitrogens with zero attached hydrogens (tertiary/aromatic N) is 3. The first-order valence-electron chi connectivity index (χ1n) is 6.96. The number of nitrogens with two attached hydrogens (primary N) is 1. The molecule has 118 valence electrons. The minimum atomic E-state index is -1.23. The van der Waals surface area contributed by atoms with Crippen LogP contribution in [0.25, 0.3) is 0 Å². The van der Waals surface area contributed by atoms with Gasteiger partial charge in [0.25, 0.3) is 0 Å². The fourth-order valence-corrected chi connectivity index (χ4v) is 2.67. The Morgan fingerprint density at radius 3 is 2.27 bits per heavy atom. The largest absolute Gasteiger partial charge is 0.383 e. The first kappa shape index (κ1) is 16.6. The summed E-state index contributed by atoms with van der Waals surface area (Å²) in [7, 11) is 3.96. The van der Waals surface area contributed by atoms with Crippen molar-refractivity contribution in [1.29, 1.82) is 0 Å². The fourth-order valence-electron chi connectivity index (χ4n) is 2.30. The lowest BCUT2D eigenvalue weighted by molar-refractivity contribution is 0.0958.